The van der Waals surface area contributed by atoms with Crippen molar-refractivity contribution in [1.29, 1.82) is 0 Å². The highest BCUT2D eigenvalue weighted by atomic mass is 16.5. The monoisotopic (exact) mass is 291 g/mol. The van der Waals surface area contributed by atoms with Crippen molar-refractivity contribution < 1.29 is 19.4 Å². The molecule has 0 radical (unpaired) electrons. The third kappa shape index (κ3) is 3.82. The number of aliphatic hydroxyl groups is 1. The third-order valence-corrected chi connectivity index (χ3v) is 3.82. The highest BCUT2D eigenvalue weighted by Crippen LogP contribution is 2.20. The van der Waals surface area contributed by atoms with Crippen molar-refractivity contribution >= 4 is 11.9 Å². The van der Waals surface area contributed by atoms with Crippen molar-refractivity contribution in [1.82, 2.24) is 4.90 Å². The Hall–Kier alpha value is -1.88. The number of hydrogen-bond donors (Lipinski definition) is 1. The summed E-state index contributed by atoms with van der Waals surface area (Å²) < 4.78 is 4.69. The highest BCUT2D eigenvalue weighted by molar-refractivity contribution is 5.85. The molecule has 1 saturated heterocycles. The van der Waals surface area contributed by atoms with Crippen molar-refractivity contribution in [3.05, 3.63) is 35.4 Å². The molecule has 0 aliphatic carbocycles. The van der Waals surface area contributed by atoms with Gasteiger partial charge in [0.2, 0.25) is 5.91 Å². The Kier molecular flexibility index (Phi) is 4.96. The van der Waals surface area contributed by atoms with Gasteiger partial charge in [0, 0.05) is 19.4 Å². The molecule has 1 aromatic rings. The number of aryl methyl sites for hydroxylation is 2. The maximum absolute atomic E-state index is 12.3. The Balaban J connectivity index is 1.95. The molecule has 1 amide bonds. The molecule has 0 bridgehead atoms. The van der Waals surface area contributed by atoms with Gasteiger partial charge in [-0.3, -0.25) is 4.79 Å². The molecule has 0 spiro atoms. The van der Waals surface area contributed by atoms with Crippen LogP contribution in [0.2, 0.25) is 0 Å². The molecular weight excluding hydrogens is 270 g/mol. The highest BCUT2D eigenvalue weighted by Gasteiger charge is 2.39. The van der Waals surface area contributed by atoms with Gasteiger partial charge in [-0.2, -0.15) is 0 Å². The lowest BCUT2D eigenvalue weighted by atomic mass is 10.1. The van der Waals surface area contributed by atoms with Gasteiger partial charge in [0.25, 0.3) is 0 Å². The number of carbonyl (C=O) groups excluding carboxylic acids is 2. The number of β-amino-alcohol motifs (C(OH)–C–C–N with tert-alkyl or cyclic N) is 1. The minimum Gasteiger partial charge on any atom is -0.467 e. The minimum absolute atomic E-state index is 0.123. The number of benzene rings is 1. The maximum Gasteiger partial charge on any atom is 0.328 e. The fraction of sp³-hybridized carbons (Fsp3) is 0.500. The standard InChI is InChI=1S/C16H21NO4/c1-11-3-5-12(6-4-11)7-8-15(19)17-10-13(18)9-14(17)16(20)21-2/h3-6,13-14,18H,7-10H2,1-2H3. The van der Waals surface area contributed by atoms with Crippen LogP contribution in [0.3, 0.4) is 0 Å². The summed E-state index contributed by atoms with van der Waals surface area (Å²) in [5.41, 5.74) is 2.27. The molecule has 2 atom stereocenters. The first-order valence-electron chi connectivity index (χ1n) is 7.12. The van der Waals surface area contributed by atoms with Gasteiger partial charge in [0.1, 0.15) is 6.04 Å². The summed E-state index contributed by atoms with van der Waals surface area (Å²) in [7, 11) is 1.29. The Morgan fingerprint density at radius 2 is 2.00 bits per heavy atom. The third-order valence-electron chi connectivity index (χ3n) is 3.82. The molecule has 0 saturated carbocycles. The van der Waals surface area contributed by atoms with Crippen molar-refractivity contribution in [2.45, 2.75) is 38.3 Å². The number of carbonyl (C=O) groups is 2. The van der Waals surface area contributed by atoms with Crippen molar-refractivity contribution in [2.24, 2.45) is 0 Å². The van der Waals surface area contributed by atoms with Gasteiger partial charge in [-0.05, 0) is 18.9 Å². The molecule has 1 N–H and O–H groups in total. The Morgan fingerprint density at radius 3 is 2.62 bits per heavy atom. The first-order chi connectivity index (χ1) is 10.0. The Bertz CT molecular complexity index is 512. The average molecular weight is 291 g/mol. The molecule has 1 aromatic carbocycles. The summed E-state index contributed by atoms with van der Waals surface area (Å²) in [6, 6.07) is 7.36. The number of amides is 1. The molecule has 114 valence electrons. The summed E-state index contributed by atoms with van der Waals surface area (Å²) in [6.45, 7) is 2.22. The molecule has 0 aromatic heterocycles. The number of ether oxygens (including phenoxy) is 1. The summed E-state index contributed by atoms with van der Waals surface area (Å²) in [4.78, 5) is 25.4. The van der Waals surface area contributed by atoms with E-state index in [2.05, 4.69) is 0 Å². The van der Waals surface area contributed by atoms with Crippen LogP contribution in [0.25, 0.3) is 0 Å². The first-order valence-corrected chi connectivity index (χ1v) is 7.12. The number of methoxy groups -OCH3 is 1. The zero-order valence-electron chi connectivity index (χ0n) is 12.4. The number of esters is 1. The smallest absolute Gasteiger partial charge is 0.328 e. The SMILES string of the molecule is COC(=O)C1CC(O)CN1C(=O)CCc1ccc(C)cc1. The van der Waals surface area contributed by atoms with Gasteiger partial charge in [-0.25, -0.2) is 4.79 Å². The van der Waals surface area contributed by atoms with Crippen LogP contribution < -0.4 is 0 Å². The topological polar surface area (TPSA) is 66.8 Å². The molecular formula is C16H21NO4. The maximum atomic E-state index is 12.3. The quantitative estimate of drug-likeness (QED) is 0.842. The summed E-state index contributed by atoms with van der Waals surface area (Å²) in [5.74, 6) is -0.585. The van der Waals surface area contributed by atoms with E-state index in [4.69, 9.17) is 4.74 Å². The predicted octanol–water partition coefficient (Wildman–Crippen LogP) is 1.06. The van der Waals surface area contributed by atoms with E-state index in [1.165, 1.54) is 17.6 Å². The summed E-state index contributed by atoms with van der Waals surface area (Å²) in [6.07, 6.45) is 0.545. The summed E-state index contributed by atoms with van der Waals surface area (Å²) >= 11 is 0. The Morgan fingerprint density at radius 1 is 1.33 bits per heavy atom. The lowest BCUT2D eigenvalue weighted by Gasteiger charge is -2.22. The number of likely N-dealkylation sites (tertiary alicyclic amines) is 1. The van der Waals surface area contributed by atoms with E-state index >= 15 is 0 Å². The van der Waals surface area contributed by atoms with Crippen LogP contribution in [-0.4, -0.2) is 47.7 Å². The molecule has 21 heavy (non-hydrogen) atoms. The zero-order chi connectivity index (χ0) is 15.4. The number of aliphatic hydroxyl groups excluding tert-OH is 1. The Labute approximate surface area is 124 Å². The van der Waals surface area contributed by atoms with E-state index in [1.807, 2.05) is 31.2 Å². The second kappa shape index (κ2) is 6.72. The van der Waals surface area contributed by atoms with Crippen molar-refractivity contribution in [3.63, 3.8) is 0 Å². The predicted molar refractivity (Wildman–Crippen MR) is 77.6 cm³/mol. The van der Waals surface area contributed by atoms with Crippen molar-refractivity contribution in [2.75, 3.05) is 13.7 Å². The van der Waals surface area contributed by atoms with Crippen molar-refractivity contribution in [3.8, 4) is 0 Å². The summed E-state index contributed by atoms with van der Waals surface area (Å²) in [5, 5.41) is 9.68. The number of nitrogens with zero attached hydrogens (tertiary/aromatic N) is 1. The zero-order valence-corrected chi connectivity index (χ0v) is 12.4. The fourth-order valence-electron chi connectivity index (χ4n) is 2.60. The number of rotatable bonds is 4. The second-order valence-electron chi connectivity index (χ2n) is 5.46. The van der Waals surface area contributed by atoms with E-state index in [-0.39, 0.29) is 18.9 Å². The first kappa shape index (κ1) is 15.5. The molecule has 1 heterocycles. The van der Waals surface area contributed by atoms with Gasteiger partial charge >= 0.3 is 5.97 Å². The van der Waals surface area contributed by atoms with Gasteiger partial charge < -0.3 is 14.7 Å². The molecule has 1 aliphatic rings. The van der Waals surface area contributed by atoms with Crippen LogP contribution in [0.4, 0.5) is 0 Å². The van der Waals surface area contributed by atoms with Crippen LogP contribution in [0, 0.1) is 6.92 Å². The molecule has 2 unspecified atom stereocenters. The van der Waals surface area contributed by atoms with E-state index in [9.17, 15) is 14.7 Å². The van der Waals surface area contributed by atoms with E-state index < -0.39 is 18.1 Å². The normalized spacial score (nSPS) is 21.4. The van der Waals surface area contributed by atoms with Gasteiger partial charge in [-0.1, -0.05) is 29.8 Å². The minimum atomic E-state index is -0.657. The van der Waals surface area contributed by atoms with Gasteiger partial charge in [0.05, 0.1) is 13.2 Å². The van der Waals surface area contributed by atoms with E-state index in [0.717, 1.165) is 5.56 Å². The number of hydrogen-bond acceptors (Lipinski definition) is 4. The molecule has 5 heteroatoms. The second-order valence-corrected chi connectivity index (χ2v) is 5.46. The van der Waals surface area contributed by atoms with E-state index in [0.29, 0.717) is 12.8 Å². The van der Waals surface area contributed by atoms with Crippen LogP contribution >= 0.6 is 0 Å². The van der Waals surface area contributed by atoms with Gasteiger partial charge in [-0.15, -0.1) is 0 Å². The molecule has 1 aliphatic heterocycles. The van der Waals surface area contributed by atoms with Crippen LogP contribution in [-0.2, 0) is 20.7 Å². The molecule has 2 rings (SSSR count). The van der Waals surface area contributed by atoms with Crippen LogP contribution in [0.15, 0.2) is 24.3 Å². The molecule has 5 nitrogen and oxygen atoms in total. The average Bonchev–Trinajstić information content (AvgIpc) is 2.87. The lowest BCUT2D eigenvalue weighted by molar-refractivity contribution is -0.150. The molecule has 1 fully saturated rings. The van der Waals surface area contributed by atoms with Crippen LogP contribution in [0.1, 0.15) is 24.0 Å². The van der Waals surface area contributed by atoms with Gasteiger partial charge in [0.15, 0.2) is 0 Å². The largest absolute Gasteiger partial charge is 0.467 e. The fourth-order valence-corrected chi connectivity index (χ4v) is 2.60. The van der Waals surface area contributed by atoms with Crippen LogP contribution in [0.5, 0.6) is 0 Å². The lowest BCUT2D eigenvalue weighted by Crippen LogP contribution is -2.41. The van der Waals surface area contributed by atoms with E-state index in [1.54, 1.807) is 0 Å².